The van der Waals surface area contributed by atoms with E-state index in [0.717, 1.165) is 11.6 Å². The molecule has 0 atom stereocenters. The van der Waals surface area contributed by atoms with Crippen molar-refractivity contribution in [2.45, 2.75) is 33.5 Å². The van der Waals surface area contributed by atoms with Crippen molar-refractivity contribution >= 4 is 40.4 Å². The fourth-order valence-electron chi connectivity index (χ4n) is 3.45. The standard InChI is InChI=1S/C21H17Cl2F3N6O/c1-10-8-15(21(24,25)26)32-19(27-10)16(23)18(30-32)20(33)28-17-11(2)29-31(12(17)3)9-13-6-4-5-7-14(13)22/h4-8H,9H2,1-3H3,(H,28,33). The summed E-state index contributed by atoms with van der Waals surface area (Å²) in [5.41, 5.74) is 0.771. The van der Waals surface area contributed by atoms with Crippen LogP contribution in [0, 0.1) is 20.8 Å². The molecule has 0 unspecified atom stereocenters. The molecule has 3 heterocycles. The SMILES string of the molecule is Cc1cc(C(F)(F)F)n2nc(C(=O)Nc3c(C)nn(Cc4ccccc4Cl)c3C)c(Cl)c2n1. The van der Waals surface area contributed by atoms with Crippen molar-refractivity contribution in [2.75, 3.05) is 5.32 Å². The number of nitrogens with zero attached hydrogens (tertiary/aromatic N) is 5. The van der Waals surface area contributed by atoms with E-state index in [1.165, 1.54) is 6.92 Å². The van der Waals surface area contributed by atoms with Gasteiger partial charge < -0.3 is 5.32 Å². The van der Waals surface area contributed by atoms with E-state index >= 15 is 0 Å². The highest BCUT2D eigenvalue weighted by atomic mass is 35.5. The van der Waals surface area contributed by atoms with E-state index in [4.69, 9.17) is 23.2 Å². The van der Waals surface area contributed by atoms with Crippen LogP contribution < -0.4 is 5.32 Å². The van der Waals surface area contributed by atoms with Gasteiger partial charge in [-0.15, -0.1) is 0 Å². The minimum Gasteiger partial charge on any atom is -0.317 e. The second kappa shape index (κ2) is 8.35. The van der Waals surface area contributed by atoms with Gasteiger partial charge in [0.15, 0.2) is 11.3 Å². The van der Waals surface area contributed by atoms with E-state index in [-0.39, 0.29) is 22.1 Å². The van der Waals surface area contributed by atoms with E-state index in [2.05, 4.69) is 20.5 Å². The van der Waals surface area contributed by atoms with Gasteiger partial charge in [0, 0.05) is 10.7 Å². The molecular weight excluding hydrogens is 480 g/mol. The van der Waals surface area contributed by atoms with Crippen molar-refractivity contribution in [3.05, 3.63) is 74.4 Å². The van der Waals surface area contributed by atoms with Gasteiger partial charge >= 0.3 is 6.18 Å². The zero-order valence-corrected chi connectivity index (χ0v) is 19.1. The zero-order chi connectivity index (χ0) is 24.1. The highest BCUT2D eigenvalue weighted by Gasteiger charge is 2.36. The number of fused-ring (bicyclic) bond motifs is 1. The minimum absolute atomic E-state index is 0.0936. The Labute approximate surface area is 196 Å². The predicted octanol–water partition coefficient (Wildman–Crippen LogP) is 5.48. The third-order valence-electron chi connectivity index (χ3n) is 5.06. The monoisotopic (exact) mass is 496 g/mol. The highest BCUT2D eigenvalue weighted by molar-refractivity contribution is 6.37. The summed E-state index contributed by atoms with van der Waals surface area (Å²) in [5, 5.41) is 11.2. The summed E-state index contributed by atoms with van der Waals surface area (Å²) in [6.45, 7) is 5.22. The van der Waals surface area contributed by atoms with Gasteiger partial charge in [0.1, 0.15) is 10.7 Å². The number of carbonyl (C=O) groups excluding carboxylic acids is 1. The third-order valence-corrected chi connectivity index (χ3v) is 5.78. The largest absolute Gasteiger partial charge is 0.433 e. The molecule has 0 saturated heterocycles. The number of hydrogen-bond acceptors (Lipinski definition) is 4. The average molecular weight is 497 g/mol. The van der Waals surface area contributed by atoms with Crippen molar-refractivity contribution in [2.24, 2.45) is 0 Å². The Bertz CT molecular complexity index is 1390. The van der Waals surface area contributed by atoms with Crippen LogP contribution in [0.25, 0.3) is 5.65 Å². The zero-order valence-electron chi connectivity index (χ0n) is 17.6. The minimum atomic E-state index is -4.71. The first kappa shape index (κ1) is 23.1. The molecule has 172 valence electrons. The number of rotatable bonds is 4. The lowest BCUT2D eigenvalue weighted by atomic mass is 10.2. The normalized spacial score (nSPS) is 11.9. The number of benzene rings is 1. The molecule has 1 amide bonds. The highest BCUT2D eigenvalue weighted by Crippen LogP contribution is 2.32. The summed E-state index contributed by atoms with van der Waals surface area (Å²) in [7, 11) is 0. The van der Waals surface area contributed by atoms with Gasteiger partial charge in [-0.2, -0.15) is 23.4 Å². The van der Waals surface area contributed by atoms with Gasteiger partial charge in [-0.05, 0) is 38.5 Å². The summed E-state index contributed by atoms with van der Waals surface area (Å²) in [6.07, 6.45) is -4.71. The quantitative estimate of drug-likeness (QED) is 0.405. The van der Waals surface area contributed by atoms with E-state index < -0.39 is 17.8 Å². The van der Waals surface area contributed by atoms with Gasteiger partial charge in [0.25, 0.3) is 5.91 Å². The topological polar surface area (TPSA) is 77.1 Å². The van der Waals surface area contributed by atoms with E-state index in [9.17, 15) is 18.0 Å². The fraction of sp³-hybridized carbons (Fsp3) is 0.238. The molecule has 0 fully saturated rings. The van der Waals surface area contributed by atoms with Crippen LogP contribution in [0.2, 0.25) is 10.0 Å². The van der Waals surface area contributed by atoms with Crippen molar-refractivity contribution in [1.82, 2.24) is 24.4 Å². The van der Waals surface area contributed by atoms with Crippen LogP contribution in [0.4, 0.5) is 18.9 Å². The first-order valence-corrected chi connectivity index (χ1v) is 10.4. The van der Waals surface area contributed by atoms with Gasteiger partial charge in [0.05, 0.1) is 23.6 Å². The molecule has 12 heteroatoms. The van der Waals surface area contributed by atoms with Crippen molar-refractivity contribution < 1.29 is 18.0 Å². The number of aryl methyl sites for hydroxylation is 2. The Hall–Kier alpha value is -3.11. The second-order valence-electron chi connectivity index (χ2n) is 7.43. The molecule has 4 aromatic rings. The Balaban J connectivity index is 1.69. The Morgan fingerprint density at radius 1 is 1.12 bits per heavy atom. The van der Waals surface area contributed by atoms with Crippen LogP contribution in [-0.2, 0) is 12.7 Å². The molecule has 1 aromatic carbocycles. The number of aromatic nitrogens is 5. The molecule has 4 rings (SSSR count). The maximum Gasteiger partial charge on any atom is 0.433 e. The maximum absolute atomic E-state index is 13.4. The van der Waals surface area contributed by atoms with Gasteiger partial charge in [-0.1, -0.05) is 41.4 Å². The van der Waals surface area contributed by atoms with Crippen LogP contribution in [0.1, 0.15) is 38.8 Å². The molecule has 0 aliphatic carbocycles. The first-order chi connectivity index (χ1) is 15.5. The van der Waals surface area contributed by atoms with Crippen LogP contribution in [0.3, 0.4) is 0 Å². The first-order valence-electron chi connectivity index (χ1n) is 9.69. The molecule has 33 heavy (non-hydrogen) atoms. The Morgan fingerprint density at radius 2 is 1.82 bits per heavy atom. The van der Waals surface area contributed by atoms with Crippen molar-refractivity contribution in [3.63, 3.8) is 0 Å². The van der Waals surface area contributed by atoms with Gasteiger partial charge in [-0.25, -0.2) is 9.50 Å². The number of nitrogens with one attached hydrogen (secondary N) is 1. The molecule has 0 aliphatic rings. The van der Waals surface area contributed by atoms with Crippen molar-refractivity contribution in [1.29, 1.82) is 0 Å². The van der Waals surface area contributed by atoms with Crippen LogP contribution >= 0.6 is 23.2 Å². The molecular formula is C21H17Cl2F3N6O. The number of amides is 1. The molecule has 7 nitrogen and oxygen atoms in total. The number of carbonyl (C=O) groups is 1. The predicted molar refractivity (Wildman–Crippen MR) is 118 cm³/mol. The number of hydrogen-bond donors (Lipinski definition) is 1. The van der Waals surface area contributed by atoms with Crippen LogP contribution in [0.15, 0.2) is 30.3 Å². The lowest BCUT2D eigenvalue weighted by Gasteiger charge is -2.09. The summed E-state index contributed by atoms with van der Waals surface area (Å²) in [4.78, 5) is 17.0. The molecule has 0 aliphatic heterocycles. The van der Waals surface area contributed by atoms with E-state index in [1.54, 1.807) is 24.6 Å². The lowest BCUT2D eigenvalue weighted by Crippen LogP contribution is -2.16. The Morgan fingerprint density at radius 3 is 2.48 bits per heavy atom. The average Bonchev–Trinajstić information content (AvgIpc) is 3.20. The summed E-state index contributed by atoms with van der Waals surface area (Å²) < 4.78 is 42.6. The molecule has 0 saturated carbocycles. The number of halogens is 5. The maximum atomic E-state index is 13.4. The van der Waals surface area contributed by atoms with Crippen LogP contribution in [-0.4, -0.2) is 30.3 Å². The second-order valence-corrected chi connectivity index (χ2v) is 8.21. The molecule has 0 bridgehead atoms. The molecule has 3 aromatic heterocycles. The van der Waals surface area contributed by atoms with Crippen molar-refractivity contribution in [3.8, 4) is 0 Å². The molecule has 0 radical (unpaired) electrons. The molecule has 1 N–H and O–H groups in total. The number of alkyl halides is 3. The molecule has 0 spiro atoms. The Kier molecular flexibility index (Phi) is 5.83. The summed E-state index contributed by atoms with van der Waals surface area (Å²) >= 11 is 12.4. The van der Waals surface area contributed by atoms with E-state index in [1.807, 2.05) is 18.2 Å². The number of anilines is 1. The smallest absolute Gasteiger partial charge is 0.317 e. The van der Waals surface area contributed by atoms with Crippen LogP contribution in [0.5, 0.6) is 0 Å². The third kappa shape index (κ3) is 4.28. The van der Waals surface area contributed by atoms with E-state index in [0.29, 0.717) is 33.2 Å². The fourth-order valence-corrected chi connectivity index (χ4v) is 3.89. The van der Waals surface area contributed by atoms with Gasteiger partial charge in [-0.3, -0.25) is 9.48 Å². The lowest BCUT2D eigenvalue weighted by molar-refractivity contribution is -0.142. The van der Waals surface area contributed by atoms with Gasteiger partial charge in [0.2, 0.25) is 0 Å². The summed E-state index contributed by atoms with van der Waals surface area (Å²) in [6, 6.07) is 8.14. The summed E-state index contributed by atoms with van der Waals surface area (Å²) in [5.74, 6) is -0.778.